The quantitative estimate of drug-likeness (QED) is 0.368. The van der Waals surface area contributed by atoms with Gasteiger partial charge in [-0.3, -0.25) is 11.7 Å². The van der Waals surface area contributed by atoms with E-state index in [1.54, 1.807) is 0 Å². The minimum absolute atomic E-state index is 1.08. The third kappa shape index (κ3) is 632. The number of aliphatic carboxylic acids is 1. The predicted molar refractivity (Wildman–Crippen MR) is 14.4 cm³/mol. The summed E-state index contributed by atoms with van der Waals surface area (Å²) in [6, 6.07) is 0. The fourth-order valence-electron chi connectivity index (χ4n) is 0. The van der Waals surface area contributed by atoms with Crippen molar-refractivity contribution in [2.75, 3.05) is 0 Å². The van der Waals surface area contributed by atoms with Crippen LogP contribution in [0.5, 0.6) is 0 Å². The molecule has 0 rings (SSSR count). The van der Waals surface area contributed by atoms with Gasteiger partial charge in [0.1, 0.15) is 0 Å². The summed E-state index contributed by atoms with van der Waals surface area (Å²) in [5.74, 6) is -1.08. The normalized spacial score (nSPS) is 4.57. The maximum atomic E-state index is 8.89. The first-order valence-electron chi connectivity index (χ1n) is 1.19. The average Bonchev–Trinajstić information content (AvgIpc) is 1.33. The van der Waals surface area contributed by atoms with E-state index in [1.807, 2.05) is 0 Å². The Kier molecular flexibility index (Phi) is 12.9. The van der Waals surface area contributed by atoms with Crippen molar-refractivity contribution < 1.29 is 35.6 Å². The second-order valence-electron chi connectivity index (χ2n) is 0.477. The molecular weight excluding hydrogens is 136 g/mol. The molecule has 40 valence electrons. The monoisotopic (exact) mass is 139 g/mol. The minimum atomic E-state index is -2.00. The zero-order valence-electron chi connectivity index (χ0n) is 3.38. The molecule has 0 aromatic heterocycles. The van der Waals surface area contributed by atoms with Gasteiger partial charge >= 0.3 is 25.7 Å². The molecule has 0 heterocycles. The van der Waals surface area contributed by atoms with Crippen LogP contribution in [0.25, 0.3) is 0 Å². The van der Waals surface area contributed by atoms with E-state index in [0.717, 1.165) is 0 Å². The zero-order valence-corrected chi connectivity index (χ0v) is 4.94. The summed E-state index contributed by atoms with van der Waals surface area (Å²) >= 11 is -2.00. The fraction of sp³-hybridized carbons (Fsp3) is 0. The van der Waals surface area contributed by atoms with Gasteiger partial charge in [-0.1, -0.05) is 0 Å². The van der Waals surface area contributed by atoms with Crippen LogP contribution in [0.15, 0.2) is 0 Å². The molecule has 1 N–H and O–H groups in total. The van der Waals surface area contributed by atoms with Crippen LogP contribution in [0.3, 0.4) is 0 Å². The Balaban J connectivity index is 0. The molecule has 0 aliphatic rings. The summed E-state index contributed by atoms with van der Waals surface area (Å²) < 4.78 is 17.0. The van der Waals surface area contributed by atoms with Gasteiger partial charge in [-0.15, -0.1) is 0 Å². The Morgan fingerprint density at radius 1 is 1.57 bits per heavy atom. The Labute approximate surface area is 49.1 Å². The van der Waals surface area contributed by atoms with Crippen molar-refractivity contribution in [1.29, 1.82) is 0 Å². The average molecular weight is 139 g/mol. The SMILES string of the molecule is [CH2-]C(=O)O.[O]=[Ti]=[O]. The molecule has 5 heteroatoms. The summed E-state index contributed by atoms with van der Waals surface area (Å²) in [5.41, 5.74) is 0. The zero-order chi connectivity index (χ0) is 6.28. The first kappa shape index (κ1) is 9.82. The van der Waals surface area contributed by atoms with Gasteiger partial charge in [-0.2, -0.15) is 0 Å². The van der Waals surface area contributed by atoms with Crippen LogP contribution in [-0.4, -0.2) is 11.1 Å². The standard InChI is InChI=1S/C2H3O2.2O.Ti/c1-2(3)4;;;/h1H2,(H,3,4);;;/q-1;;;. The summed E-state index contributed by atoms with van der Waals surface area (Å²) in [5, 5.41) is 7.31. The van der Waals surface area contributed by atoms with Gasteiger partial charge in [0.15, 0.2) is 5.97 Å². The van der Waals surface area contributed by atoms with Crippen molar-refractivity contribution in [2.45, 2.75) is 0 Å². The van der Waals surface area contributed by atoms with Gasteiger partial charge in [0.05, 0.1) is 0 Å². The second-order valence-corrected chi connectivity index (χ2v) is 0.737. The number of carbonyl (C=O) groups is 1. The number of carboxylic acids is 1. The third-order valence-electron chi connectivity index (χ3n) is 0. The van der Waals surface area contributed by atoms with Gasteiger partial charge in [-0.25, -0.2) is 0 Å². The van der Waals surface area contributed by atoms with Crippen LogP contribution in [-0.2, 0) is 30.5 Å². The van der Waals surface area contributed by atoms with E-state index in [-0.39, 0.29) is 0 Å². The van der Waals surface area contributed by atoms with Crippen molar-refractivity contribution >= 4 is 5.97 Å². The number of carboxylic acid groups (broad SMARTS) is 1. The van der Waals surface area contributed by atoms with Crippen molar-refractivity contribution in [3.8, 4) is 0 Å². The first-order chi connectivity index (χ1) is 3.15. The van der Waals surface area contributed by atoms with E-state index >= 15 is 0 Å². The predicted octanol–water partition coefficient (Wildman–Crippen LogP) is -0.335. The van der Waals surface area contributed by atoms with E-state index in [0.29, 0.717) is 0 Å². The summed E-state index contributed by atoms with van der Waals surface area (Å²) in [7, 11) is 0. The Morgan fingerprint density at radius 3 is 1.57 bits per heavy atom. The molecule has 0 aliphatic carbocycles. The summed E-state index contributed by atoms with van der Waals surface area (Å²) in [6.45, 7) is 2.56. The molecule has 0 fully saturated rings. The van der Waals surface area contributed by atoms with Crippen molar-refractivity contribution in [3.05, 3.63) is 6.92 Å². The topological polar surface area (TPSA) is 71.4 Å². The molecule has 0 aromatic rings. The van der Waals surface area contributed by atoms with E-state index in [1.165, 1.54) is 0 Å². The van der Waals surface area contributed by atoms with E-state index in [4.69, 9.17) is 16.6 Å². The molecular formula is C2H3O4Ti-. The molecule has 0 radical (unpaired) electrons. The third-order valence-corrected chi connectivity index (χ3v) is 0. The molecule has 0 amide bonds. The van der Waals surface area contributed by atoms with Crippen LogP contribution in [0.1, 0.15) is 0 Å². The van der Waals surface area contributed by atoms with Crippen LogP contribution in [0, 0.1) is 6.92 Å². The van der Waals surface area contributed by atoms with Crippen LogP contribution in [0.2, 0.25) is 0 Å². The number of hydrogen-bond acceptors (Lipinski definition) is 3. The Bertz CT molecular complexity index is 77.7. The van der Waals surface area contributed by atoms with Gasteiger partial charge in [0.25, 0.3) is 0 Å². The molecule has 0 unspecified atom stereocenters. The second kappa shape index (κ2) is 9.17. The van der Waals surface area contributed by atoms with E-state index in [9.17, 15) is 0 Å². The van der Waals surface area contributed by atoms with Gasteiger partial charge < -0.3 is 5.11 Å². The molecule has 0 atom stereocenters. The van der Waals surface area contributed by atoms with Gasteiger partial charge in [0, 0.05) is 0 Å². The van der Waals surface area contributed by atoms with Crippen LogP contribution in [0.4, 0.5) is 0 Å². The molecule has 4 nitrogen and oxygen atoms in total. The fourth-order valence-corrected chi connectivity index (χ4v) is 0. The molecule has 0 spiro atoms. The van der Waals surface area contributed by atoms with Crippen molar-refractivity contribution in [1.82, 2.24) is 0 Å². The Hall–Kier alpha value is -0.346. The summed E-state index contributed by atoms with van der Waals surface area (Å²) in [4.78, 5) is 8.89. The molecule has 0 aromatic carbocycles. The van der Waals surface area contributed by atoms with E-state index in [2.05, 4.69) is 6.92 Å². The van der Waals surface area contributed by atoms with E-state index < -0.39 is 25.1 Å². The van der Waals surface area contributed by atoms with Crippen LogP contribution < -0.4 is 0 Å². The maximum absolute atomic E-state index is 8.89. The number of rotatable bonds is 0. The Morgan fingerprint density at radius 2 is 1.57 bits per heavy atom. The molecule has 0 bridgehead atoms. The molecule has 0 saturated heterocycles. The van der Waals surface area contributed by atoms with Gasteiger partial charge in [0.2, 0.25) is 0 Å². The van der Waals surface area contributed by atoms with Gasteiger partial charge in [-0.05, 0) is 0 Å². The molecule has 0 saturated carbocycles. The molecule has 0 aliphatic heterocycles. The molecule has 7 heavy (non-hydrogen) atoms. The van der Waals surface area contributed by atoms with Crippen LogP contribution >= 0.6 is 0 Å². The summed E-state index contributed by atoms with van der Waals surface area (Å²) in [6.07, 6.45) is 0. The first-order valence-corrected chi connectivity index (χ1v) is 2.46. The number of hydrogen-bond donors (Lipinski definition) is 1. The van der Waals surface area contributed by atoms with Crippen molar-refractivity contribution in [2.24, 2.45) is 0 Å². The van der Waals surface area contributed by atoms with Crippen molar-refractivity contribution in [3.63, 3.8) is 0 Å².